The van der Waals surface area contributed by atoms with Gasteiger partial charge in [-0.2, -0.15) is 0 Å². The number of esters is 1. The van der Waals surface area contributed by atoms with Crippen molar-refractivity contribution in [2.75, 3.05) is 5.32 Å². The van der Waals surface area contributed by atoms with Gasteiger partial charge in [-0.25, -0.2) is 4.79 Å². The van der Waals surface area contributed by atoms with E-state index in [2.05, 4.69) is 21.2 Å². The van der Waals surface area contributed by atoms with Crippen molar-refractivity contribution in [2.24, 2.45) is 0 Å². The Morgan fingerprint density at radius 2 is 1.88 bits per heavy atom. The van der Waals surface area contributed by atoms with Crippen molar-refractivity contribution in [3.63, 3.8) is 0 Å². The summed E-state index contributed by atoms with van der Waals surface area (Å²) in [6.07, 6.45) is 1.43. The highest BCUT2D eigenvalue weighted by Gasteiger charge is 2.14. The van der Waals surface area contributed by atoms with Gasteiger partial charge in [-0.05, 0) is 54.4 Å². The topological polar surface area (TPSA) is 68.5 Å². The molecule has 1 aromatic heterocycles. The molecule has 3 aromatic rings. The average Bonchev–Trinajstić information content (AvgIpc) is 3.17. The molecule has 0 saturated heterocycles. The molecule has 0 unspecified atom stereocenters. The van der Waals surface area contributed by atoms with Crippen LogP contribution in [0.1, 0.15) is 32.0 Å². The fourth-order valence-corrected chi connectivity index (χ4v) is 2.55. The largest absolute Gasteiger partial charge is 0.459 e. The van der Waals surface area contributed by atoms with E-state index in [0.717, 1.165) is 15.6 Å². The highest BCUT2D eigenvalue weighted by Crippen LogP contribution is 2.19. The van der Waals surface area contributed by atoms with Crippen LogP contribution in [0.5, 0.6) is 0 Å². The fourth-order valence-electron chi connectivity index (χ4n) is 2.29. The minimum atomic E-state index is -0.457. The van der Waals surface area contributed by atoms with Gasteiger partial charge in [0.25, 0.3) is 5.91 Å². The number of benzene rings is 2. The number of furan rings is 1. The van der Waals surface area contributed by atoms with Crippen LogP contribution < -0.4 is 5.32 Å². The van der Waals surface area contributed by atoms with Crippen LogP contribution in [0.3, 0.4) is 0 Å². The van der Waals surface area contributed by atoms with E-state index in [9.17, 15) is 9.59 Å². The van der Waals surface area contributed by atoms with Crippen molar-refractivity contribution in [2.45, 2.75) is 13.5 Å². The van der Waals surface area contributed by atoms with Crippen LogP contribution in [-0.2, 0) is 11.3 Å². The smallest absolute Gasteiger partial charge is 0.338 e. The Morgan fingerprint density at radius 3 is 2.58 bits per heavy atom. The Balaban J connectivity index is 1.68. The lowest BCUT2D eigenvalue weighted by molar-refractivity contribution is 0.0472. The summed E-state index contributed by atoms with van der Waals surface area (Å²) in [5.41, 5.74) is 2.61. The van der Waals surface area contributed by atoms with Crippen LogP contribution >= 0.6 is 15.9 Å². The summed E-state index contributed by atoms with van der Waals surface area (Å²) in [4.78, 5) is 24.4. The lowest BCUT2D eigenvalue weighted by Gasteiger charge is -2.10. The number of halogens is 1. The standard InChI is InChI=1S/C20H16BrNO4/c1-13-4-7-15(11-17(13)22-19(23)18-3-2-10-25-18)20(24)26-12-14-5-8-16(21)9-6-14/h2-11H,12H2,1H3,(H,22,23). The van der Waals surface area contributed by atoms with E-state index < -0.39 is 5.97 Å². The van der Waals surface area contributed by atoms with Crippen molar-refractivity contribution in [1.29, 1.82) is 0 Å². The van der Waals surface area contributed by atoms with Crippen LogP contribution in [0.25, 0.3) is 0 Å². The molecule has 0 saturated carbocycles. The van der Waals surface area contributed by atoms with Crippen LogP contribution in [0.15, 0.2) is 69.8 Å². The summed E-state index contributed by atoms with van der Waals surface area (Å²) in [7, 11) is 0. The van der Waals surface area contributed by atoms with Gasteiger partial charge in [0.15, 0.2) is 5.76 Å². The quantitative estimate of drug-likeness (QED) is 0.600. The Hall–Kier alpha value is -2.86. The molecule has 0 radical (unpaired) electrons. The summed E-state index contributed by atoms with van der Waals surface area (Å²) in [5, 5.41) is 2.74. The van der Waals surface area contributed by atoms with Crippen molar-refractivity contribution >= 4 is 33.5 Å². The van der Waals surface area contributed by atoms with E-state index in [-0.39, 0.29) is 18.3 Å². The van der Waals surface area contributed by atoms with E-state index >= 15 is 0 Å². The van der Waals surface area contributed by atoms with Gasteiger partial charge in [0, 0.05) is 10.2 Å². The number of aryl methyl sites for hydroxylation is 1. The summed E-state index contributed by atoms with van der Waals surface area (Å²) in [5.74, 6) is -0.632. The maximum atomic E-state index is 12.3. The van der Waals surface area contributed by atoms with Gasteiger partial charge in [-0.3, -0.25) is 4.79 Å². The lowest BCUT2D eigenvalue weighted by Crippen LogP contribution is -2.13. The number of ether oxygens (including phenoxy) is 1. The third-order valence-electron chi connectivity index (χ3n) is 3.75. The van der Waals surface area contributed by atoms with E-state index in [1.165, 1.54) is 6.26 Å². The Morgan fingerprint density at radius 1 is 1.12 bits per heavy atom. The minimum Gasteiger partial charge on any atom is -0.459 e. The van der Waals surface area contributed by atoms with Crippen molar-refractivity contribution in [3.05, 3.63) is 87.8 Å². The summed E-state index contributed by atoms with van der Waals surface area (Å²) in [6, 6.07) is 15.8. The predicted octanol–water partition coefficient (Wildman–Crippen LogP) is 4.96. The third-order valence-corrected chi connectivity index (χ3v) is 4.28. The van der Waals surface area contributed by atoms with Gasteiger partial charge in [0.2, 0.25) is 0 Å². The van der Waals surface area contributed by atoms with Gasteiger partial charge >= 0.3 is 5.97 Å². The molecule has 132 valence electrons. The number of hydrogen-bond donors (Lipinski definition) is 1. The summed E-state index contributed by atoms with van der Waals surface area (Å²) < 4.78 is 11.4. The molecule has 0 fully saturated rings. The SMILES string of the molecule is Cc1ccc(C(=O)OCc2ccc(Br)cc2)cc1NC(=O)c1ccco1. The Bertz CT molecular complexity index is 917. The third kappa shape index (κ3) is 4.40. The minimum absolute atomic E-state index is 0.175. The number of amides is 1. The van der Waals surface area contributed by atoms with Crippen molar-refractivity contribution in [1.82, 2.24) is 0 Å². The van der Waals surface area contributed by atoms with Gasteiger partial charge in [-0.15, -0.1) is 0 Å². The summed E-state index contributed by atoms with van der Waals surface area (Å²) >= 11 is 3.36. The number of rotatable bonds is 5. The molecule has 0 aliphatic carbocycles. The van der Waals surface area contributed by atoms with Gasteiger partial charge in [0.05, 0.1) is 11.8 Å². The number of nitrogens with one attached hydrogen (secondary N) is 1. The Kier molecular flexibility index (Phi) is 5.53. The first-order valence-electron chi connectivity index (χ1n) is 7.90. The Labute approximate surface area is 159 Å². The molecule has 1 N–H and O–H groups in total. The molecule has 1 amide bonds. The zero-order valence-electron chi connectivity index (χ0n) is 14.0. The molecule has 0 atom stereocenters. The van der Waals surface area contributed by atoms with Crippen LogP contribution in [0.4, 0.5) is 5.69 Å². The molecular weight excluding hydrogens is 398 g/mol. The molecule has 0 spiro atoms. The second kappa shape index (κ2) is 8.01. The van der Waals surface area contributed by atoms with E-state index in [1.54, 1.807) is 30.3 Å². The van der Waals surface area contributed by atoms with Gasteiger partial charge in [-0.1, -0.05) is 34.1 Å². The normalized spacial score (nSPS) is 10.4. The first-order valence-corrected chi connectivity index (χ1v) is 8.69. The summed E-state index contributed by atoms with van der Waals surface area (Å²) in [6.45, 7) is 2.02. The molecule has 5 nitrogen and oxygen atoms in total. The molecule has 6 heteroatoms. The highest BCUT2D eigenvalue weighted by atomic mass is 79.9. The molecule has 1 heterocycles. The highest BCUT2D eigenvalue weighted by molar-refractivity contribution is 9.10. The van der Waals surface area contributed by atoms with E-state index in [0.29, 0.717) is 11.3 Å². The van der Waals surface area contributed by atoms with Crippen molar-refractivity contribution < 1.29 is 18.7 Å². The first kappa shape index (κ1) is 17.9. The van der Waals surface area contributed by atoms with Crippen LogP contribution in [0, 0.1) is 6.92 Å². The second-order valence-corrected chi connectivity index (χ2v) is 6.58. The molecule has 26 heavy (non-hydrogen) atoms. The monoisotopic (exact) mass is 413 g/mol. The molecule has 3 rings (SSSR count). The van der Waals surface area contributed by atoms with Crippen molar-refractivity contribution in [3.8, 4) is 0 Å². The van der Waals surface area contributed by atoms with Crippen LogP contribution in [0.2, 0.25) is 0 Å². The second-order valence-electron chi connectivity index (χ2n) is 5.66. The number of hydrogen-bond acceptors (Lipinski definition) is 4. The lowest BCUT2D eigenvalue weighted by atomic mass is 10.1. The number of anilines is 1. The van der Waals surface area contributed by atoms with Gasteiger partial charge < -0.3 is 14.5 Å². The van der Waals surface area contributed by atoms with Gasteiger partial charge in [0.1, 0.15) is 6.61 Å². The van der Waals surface area contributed by atoms with E-state index in [1.807, 2.05) is 31.2 Å². The zero-order chi connectivity index (χ0) is 18.5. The van der Waals surface area contributed by atoms with E-state index in [4.69, 9.17) is 9.15 Å². The fraction of sp³-hybridized carbons (Fsp3) is 0.100. The first-order chi connectivity index (χ1) is 12.5. The maximum Gasteiger partial charge on any atom is 0.338 e. The molecule has 0 aliphatic rings. The molecule has 0 aliphatic heterocycles. The maximum absolute atomic E-state index is 12.3. The average molecular weight is 414 g/mol. The molecule has 2 aromatic carbocycles. The predicted molar refractivity (Wildman–Crippen MR) is 101 cm³/mol. The molecular formula is C20H16BrNO4. The van der Waals surface area contributed by atoms with Crippen LogP contribution in [-0.4, -0.2) is 11.9 Å². The molecule has 0 bridgehead atoms. The zero-order valence-corrected chi connectivity index (χ0v) is 15.6. The number of carbonyl (C=O) groups is 2. The number of carbonyl (C=O) groups excluding carboxylic acids is 2.